The topological polar surface area (TPSA) is 66.9 Å². The molecule has 7 heteroatoms. The molecule has 2 aliphatic rings. The van der Waals surface area contributed by atoms with E-state index in [2.05, 4.69) is 22.1 Å². The first-order valence-electron chi connectivity index (χ1n) is 8.81. The van der Waals surface area contributed by atoms with E-state index in [1.807, 2.05) is 41.4 Å². The van der Waals surface area contributed by atoms with E-state index in [4.69, 9.17) is 9.47 Å². The van der Waals surface area contributed by atoms with Crippen LogP contribution in [0.15, 0.2) is 42.6 Å². The molecule has 0 saturated carbocycles. The van der Waals surface area contributed by atoms with Crippen molar-refractivity contribution >= 4 is 11.7 Å². The minimum Gasteiger partial charge on any atom is -0.454 e. The maximum absolute atomic E-state index is 12.5. The molecule has 1 unspecified atom stereocenters. The number of piperazine rings is 1. The lowest BCUT2D eigenvalue weighted by Gasteiger charge is -2.37. The van der Waals surface area contributed by atoms with Gasteiger partial charge in [0.1, 0.15) is 0 Å². The van der Waals surface area contributed by atoms with Crippen LogP contribution >= 0.6 is 0 Å². The number of hydrogen-bond donors (Lipinski definition) is 1. The highest BCUT2D eigenvalue weighted by atomic mass is 16.7. The minimum absolute atomic E-state index is 0.0889. The molecule has 0 spiro atoms. The van der Waals surface area contributed by atoms with Crippen molar-refractivity contribution in [1.82, 2.24) is 14.8 Å². The van der Waals surface area contributed by atoms with Crippen molar-refractivity contribution in [1.29, 1.82) is 0 Å². The van der Waals surface area contributed by atoms with Crippen LogP contribution in [0.4, 0.5) is 10.5 Å². The number of carbonyl (C=O) groups excluding carboxylic acids is 1. The summed E-state index contributed by atoms with van der Waals surface area (Å²) in [4.78, 5) is 21.2. The van der Waals surface area contributed by atoms with E-state index in [0.29, 0.717) is 30.3 Å². The third kappa shape index (κ3) is 3.43. The summed E-state index contributed by atoms with van der Waals surface area (Å²) in [5.41, 5.74) is 1.77. The highest BCUT2D eigenvalue weighted by Crippen LogP contribution is 2.34. The van der Waals surface area contributed by atoms with Gasteiger partial charge < -0.3 is 19.7 Å². The number of anilines is 1. The van der Waals surface area contributed by atoms with E-state index in [0.717, 1.165) is 18.8 Å². The standard InChI is InChI=1S/C19H22N4O3/c1-14(16-4-2-3-7-20-16)22-8-10-23(11-9-22)19(24)21-15-5-6-17-18(12-15)26-13-25-17/h2-7,12,14H,8-11,13H2,1H3,(H,21,24). The summed E-state index contributed by atoms with van der Waals surface area (Å²) in [5, 5.41) is 2.94. The predicted octanol–water partition coefficient (Wildman–Crippen LogP) is 2.72. The van der Waals surface area contributed by atoms with Crippen molar-refractivity contribution < 1.29 is 14.3 Å². The molecule has 2 aliphatic heterocycles. The number of fused-ring (bicyclic) bond motifs is 1. The van der Waals surface area contributed by atoms with Gasteiger partial charge in [-0.05, 0) is 31.2 Å². The number of pyridine rings is 1. The fourth-order valence-corrected chi connectivity index (χ4v) is 3.30. The first-order valence-corrected chi connectivity index (χ1v) is 8.81. The zero-order valence-corrected chi connectivity index (χ0v) is 14.7. The number of hydrogen-bond acceptors (Lipinski definition) is 5. The lowest BCUT2D eigenvalue weighted by molar-refractivity contribution is 0.118. The Labute approximate surface area is 152 Å². The smallest absolute Gasteiger partial charge is 0.321 e. The van der Waals surface area contributed by atoms with Gasteiger partial charge in [0.15, 0.2) is 11.5 Å². The molecule has 1 fully saturated rings. The molecule has 2 aromatic rings. The molecule has 1 saturated heterocycles. The molecular formula is C19H22N4O3. The quantitative estimate of drug-likeness (QED) is 0.918. The Bertz CT molecular complexity index is 776. The van der Waals surface area contributed by atoms with Crippen LogP contribution in [-0.2, 0) is 0 Å². The molecule has 7 nitrogen and oxygen atoms in total. The second-order valence-corrected chi connectivity index (χ2v) is 6.45. The largest absolute Gasteiger partial charge is 0.454 e. The summed E-state index contributed by atoms with van der Waals surface area (Å²) < 4.78 is 10.6. The van der Waals surface area contributed by atoms with Crippen molar-refractivity contribution in [2.45, 2.75) is 13.0 Å². The fourth-order valence-electron chi connectivity index (χ4n) is 3.30. The van der Waals surface area contributed by atoms with Crippen molar-refractivity contribution in [3.63, 3.8) is 0 Å². The van der Waals surface area contributed by atoms with Crippen LogP contribution in [0, 0.1) is 0 Å². The fraction of sp³-hybridized carbons (Fsp3) is 0.368. The summed E-state index contributed by atoms with van der Waals surface area (Å²) in [7, 11) is 0. The van der Waals surface area contributed by atoms with E-state index in [9.17, 15) is 4.79 Å². The maximum Gasteiger partial charge on any atom is 0.321 e. The lowest BCUT2D eigenvalue weighted by Crippen LogP contribution is -2.50. The van der Waals surface area contributed by atoms with Gasteiger partial charge in [0.05, 0.1) is 5.69 Å². The first-order chi connectivity index (χ1) is 12.7. The van der Waals surface area contributed by atoms with E-state index < -0.39 is 0 Å². The molecule has 2 amide bonds. The highest BCUT2D eigenvalue weighted by molar-refractivity contribution is 5.89. The van der Waals surface area contributed by atoms with Crippen molar-refractivity contribution in [3.8, 4) is 11.5 Å². The molecule has 0 aliphatic carbocycles. The zero-order chi connectivity index (χ0) is 17.9. The number of nitrogens with one attached hydrogen (secondary N) is 1. The van der Waals surface area contributed by atoms with Crippen LogP contribution in [0.5, 0.6) is 11.5 Å². The third-order valence-electron chi connectivity index (χ3n) is 4.89. The SMILES string of the molecule is CC(c1ccccn1)N1CCN(C(=O)Nc2ccc3c(c2)OCO3)CC1. The Morgan fingerprint density at radius 1 is 1.12 bits per heavy atom. The molecule has 1 aromatic heterocycles. The van der Waals surface area contributed by atoms with Gasteiger partial charge in [-0.3, -0.25) is 9.88 Å². The van der Waals surface area contributed by atoms with Gasteiger partial charge in [0.25, 0.3) is 0 Å². The number of amides is 2. The molecule has 136 valence electrons. The maximum atomic E-state index is 12.5. The van der Waals surface area contributed by atoms with E-state index >= 15 is 0 Å². The van der Waals surface area contributed by atoms with Gasteiger partial charge in [0.2, 0.25) is 6.79 Å². The van der Waals surface area contributed by atoms with Gasteiger partial charge in [-0.15, -0.1) is 0 Å². The summed E-state index contributed by atoms with van der Waals surface area (Å²) in [6.07, 6.45) is 1.82. The molecule has 4 rings (SSSR count). The molecule has 1 N–H and O–H groups in total. The Morgan fingerprint density at radius 2 is 1.92 bits per heavy atom. The number of urea groups is 1. The summed E-state index contributed by atoms with van der Waals surface area (Å²) in [5.74, 6) is 1.37. The Kier molecular flexibility index (Phi) is 4.62. The second-order valence-electron chi connectivity index (χ2n) is 6.45. The molecule has 1 atom stereocenters. The molecule has 3 heterocycles. The Hall–Kier alpha value is -2.80. The summed E-state index contributed by atoms with van der Waals surface area (Å²) >= 11 is 0. The predicted molar refractivity (Wildman–Crippen MR) is 97.4 cm³/mol. The van der Waals surface area contributed by atoms with Crippen LogP contribution < -0.4 is 14.8 Å². The van der Waals surface area contributed by atoms with Gasteiger partial charge in [-0.25, -0.2) is 4.79 Å². The molecule has 0 radical (unpaired) electrons. The number of benzene rings is 1. The highest BCUT2D eigenvalue weighted by Gasteiger charge is 2.25. The average Bonchev–Trinajstić information content (AvgIpc) is 3.16. The third-order valence-corrected chi connectivity index (χ3v) is 4.89. The number of nitrogens with zero attached hydrogens (tertiary/aromatic N) is 3. The van der Waals surface area contributed by atoms with Gasteiger partial charge in [-0.1, -0.05) is 6.07 Å². The normalized spacial score (nSPS) is 17.8. The van der Waals surface area contributed by atoms with E-state index in [1.165, 1.54) is 0 Å². The second kappa shape index (κ2) is 7.21. The van der Waals surface area contributed by atoms with Crippen molar-refractivity contribution in [3.05, 3.63) is 48.3 Å². The molecule has 0 bridgehead atoms. The van der Waals surface area contributed by atoms with Gasteiger partial charge in [-0.2, -0.15) is 0 Å². The van der Waals surface area contributed by atoms with E-state index in [1.54, 1.807) is 6.07 Å². The Balaban J connectivity index is 1.32. The van der Waals surface area contributed by atoms with E-state index in [-0.39, 0.29) is 18.9 Å². The monoisotopic (exact) mass is 354 g/mol. The van der Waals surface area contributed by atoms with Crippen LogP contribution in [0.1, 0.15) is 18.7 Å². The number of ether oxygens (including phenoxy) is 2. The average molecular weight is 354 g/mol. The van der Waals surface area contributed by atoms with Crippen molar-refractivity contribution in [2.75, 3.05) is 38.3 Å². The number of rotatable bonds is 3. The summed E-state index contributed by atoms with van der Waals surface area (Å²) in [6.45, 7) is 5.41. The summed E-state index contributed by atoms with van der Waals surface area (Å²) in [6, 6.07) is 11.6. The van der Waals surface area contributed by atoms with Crippen LogP contribution in [0.25, 0.3) is 0 Å². The number of aromatic nitrogens is 1. The number of carbonyl (C=O) groups is 1. The molecule has 26 heavy (non-hydrogen) atoms. The zero-order valence-electron chi connectivity index (χ0n) is 14.7. The van der Waals surface area contributed by atoms with Crippen molar-refractivity contribution in [2.24, 2.45) is 0 Å². The van der Waals surface area contributed by atoms with Crippen LogP contribution in [0.2, 0.25) is 0 Å². The minimum atomic E-state index is -0.0889. The lowest BCUT2D eigenvalue weighted by atomic mass is 10.1. The molecule has 1 aromatic carbocycles. The first kappa shape index (κ1) is 16.7. The van der Waals surface area contributed by atoms with Crippen LogP contribution in [-0.4, -0.2) is 53.8 Å². The van der Waals surface area contributed by atoms with Gasteiger partial charge >= 0.3 is 6.03 Å². The van der Waals surface area contributed by atoms with Gasteiger partial charge in [0, 0.05) is 50.2 Å². The van der Waals surface area contributed by atoms with Crippen LogP contribution in [0.3, 0.4) is 0 Å². The molecular weight excluding hydrogens is 332 g/mol. The Morgan fingerprint density at radius 3 is 2.69 bits per heavy atom.